The third-order valence-corrected chi connectivity index (χ3v) is 4.73. The minimum Gasteiger partial charge on any atom is -0.279 e. The Kier molecular flexibility index (Phi) is 3.34. The number of aromatic nitrogens is 5. The molecule has 7 heteroatoms. The molecule has 2 heterocycles. The molecule has 114 valence electrons. The van der Waals surface area contributed by atoms with Crippen molar-refractivity contribution >= 4 is 39.5 Å². The lowest BCUT2D eigenvalue weighted by molar-refractivity contribution is 0.0951. The van der Waals surface area contributed by atoms with E-state index in [0.29, 0.717) is 5.16 Å². The van der Waals surface area contributed by atoms with E-state index in [2.05, 4.69) is 15.5 Å². The number of para-hydroxylation sites is 2. The van der Waals surface area contributed by atoms with Crippen molar-refractivity contribution in [2.45, 2.75) is 5.16 Å². The number of benzene rings is 2. The average molecular weight is 323 g/mol. The largest absolute Gasteiger partial charge is 0.279 e. The van der Waals surface area contributed by atoms with E-state index in [9.17, 15) is 4.79 Å². The molecular formula is C16H13N5OS. The Hall–Kier alpha value is -2.67. The molecule has 2 aromatic carbocycles. The summed E-state index contributed by atoms with van der Waals surface area (Å²) in [6.07, 6.45) is 0. The number of carbonyl (C=O) groups is 1. The Morgan fingerprint density at radius 1 is 1.04 bits per heavy atom. The van der Waals surface area contributed by atoms with Gasteiger partial charge in [-0.25, -0.2) is 4.68 Å². The molecule has 0 atom stereocenters. The molecule has 4 aromatic rings. The molecule has 0 bridgehead atoms. The van der Waals surface area contributed by atoms with E-state index >= 15 is 0 Å². The number of hydrogen-bond donors (Lipinski definition) is 0. The van der Waals surface area contributed by atoms with E-state index in [4.69, 9.17) is 0 Å². The number of hydrogen-bond acceptors (Lipinski definition) is 5. The molecule has 0 amide bonds. The molecule has 0 saturated heterocycles. The first-order chi connectivity index (χ1) is 11.3. The average Bonchev–Trinajstić information content (AvgIpc) is 3.14. The molecule has 6 nitrogen and oxygen atoms in total. The topological polar surface area (TPSA) is 65.6 Å². The third-order valence-electron chi connectivity index (χ3n) is 3.74. The molecule has 0 radical (unpaired) electrons. The highest BCUT2D eigenvalue weighted by Crippen LogP contribution is 2.29. The molecule has 0 spiro atoms. The van der Waals surface area contributed by atoms with Crippen LogP contribution in [-0.4, -0.2) is 36.4 Å². The Morgan fingerprint density at radius 3 is 2.22 bits per heavy atom. The first-order valence-corrected chi connectivity index (χ1v) is 8.11. The van der Waals surface area contributed by atoms with Crippen LogP contribution in [0.3, 0.4) is 0 Å². The molecule has 0 unspecified atom stereocenters. The van der Waals surface area contributed by atoms with Crippen molar-refractivity contribution < 1.29 is 4.79 Å². The van der Waals surface area contributed by atoms with Crippen LogP contribution >= 0.6 is 11.8 Å². The van der Waals surface area contributed by atoms with Crippen LogP contribution in [0, 0.1) is 0 Å². The Labute approximate surface area is 136 Å². The number of thioether (sulfide) groups is 1. The van der Waals surface area contributed by atoms with Crippen molar-refractivity contribution in [1.29, 1.82) is 0 Å². The number of tetrazole rings is 1. The fourth-order valence-corrected chi connectivity index (χ4v) is 3.42. The van der Waals surface area contributed by atoms with Gasteiger partial charge in [0, 0.05) is 17.8 Å². The maximum absolute atomic E-state index is 12.8. The monoisotopic (exact) mass is 323 g/mol. The lowest BCUT2D eigenvalue weighted by atomic mass is 10.2. The zero-order valence-electron chi connectivity index (χ0n) is 12.4. The van der Waals surface area contributed by atoms with Crippen molar-refractivity contribution in [1.82, 2.24) is 24.8 Å². The zero-order chi connectivity index (χ0) is 15.8. The van der Waals surface area contributed by atoms with Crippen LogP contribution in [0.15, 0.2) is 53.7 Å². The second-order valence-electron chi connectivity index (χ2n) is 5.14. The summed E-state index contributed by atoms with van der Waals surface area (Å²) in [7, 11) is 1.76. The Bertz CT molecular complexity index is 966. The second-order valence-corrected chi connectivity index (χ2v) is 6.08. The molecule has 0 N–H and O–H groups in total. The summed E-state index contributed by atoms with van der Waals surface area (Å²) in [6.45, 7) is 0. The fraction of sp³-hybridized carbons (Fsp3) is 0.125. The maximum atomic E-state index is 12.8. The SMILES string of the molecule is Cn1nnnc1SCC(=O)n1c2ccccc2c2ccccc21. The van der Waals surface area contributed by atoms with Crippen LogP contribution in [-0.2, 0) is 7.05 Å². The lowest BCUT2D eigenvalue weighted by Gasteiger charge is -2.05. The third kappa shape index (κ3) is 2.29. The van der Waals surface area contributed by atoms with Gasteiger partial charge in [-0.15, -0.1) is 5.10 Å². The van der Waals surface area contributed by atoms with Gasteiger partial charge in [0.25, 0.3) is 0 Å². The van der Waals surface area contributed by atoms with E-state index < -0.39 is 0 Å². The molecule has 2 aromatic heterocycles. The zero-order valence-corrected chi connectivity index (χ0v) is 13.2. The van der Waals surface area contributed by atoms with Gasteiger partial charge in [-0.3, -0.25) is 9.36 Å². The van der Waals surface area contributed by atoms with Gasteiger partial charge in [0.05, 0.1) is 16.8 Å². The first-order valence-electron chi connectivity index (χ1n) is 7.12. The van der Waals surface area contributed by atoms with Crippen LogP contribution in [0.5, 0.6) is 0 Å². The van der Waals surface area contributed by atoms with Gasteiger partial charge >= 0.3 is 0 Å². The van der Waals surface area contributed by atoms with Gasteiger partial charge in [-0.05, 0) is 22.6 Å². The summed E-state index contributed by atoms with van der Waals surface area (Å²) < 4.78 is 3.34. The molecular weight excluding hydrogens is 310 g/mol. The summed E-state index contributed by atoms with van der Waals surface area (Å²) in [5.74, 6) is 0.284. The van der Waals surface area contributed by atoms with E-state index in [0.717, 1.165) is 21.8 Å². The fourth-order valence-electron chi connectivity index (χ4n) is 2.73. The molecule has 0 fully saturated rings. The number of rotatable bonds is 3. The van der Waals surface area contributed by atoms with Gasteiger partial charge in [0.15, 0.2) is 0 Å². The normalized spacial score (nSPS) is 11.3. The van der Waals surface area contributed by atoms with Crippen LogP contribution in [0.1, 0.15) is 4.79 Å². The molecule has 0 aliphatic carbocycles. The predicted octanol–water partition coefficient (Wildman–Crippen LogP) is 2.75. The Morgan fingerprint density at radius 2 is 1.65 bits per heavy atom. The van der Waals surface area contributed by atoms with E-state index in [1.54, 1.807) is 16.3 Å². The van der Waals surface area contributed by atoms with Crippen molar-refractivity contribution in [2.75, 3.05) is 5.75 Å². The lowest BCUT2D eigenvalue weighted by Crippen LogP contribution is -2.13. The van der Waals surface area contributed by atoms with E-state index in [-0.39, 0.29) is 11.7 Å². The number of aryl methyl sites for hydroxylation is 1. The van der Waals surface area contributed by atoms with Crippen LogP contribution in [0.4, 0.5) is 0 Å². The highest BCUT2D eigenvalue weighted by Gasteiger charge is 2.16. The Balaban J connectivity index is 1.77. The molecule has 23 heavy (non-hydrogen) atoms. The predicted molar refractivity (Wildman–Crippen MR) is 89.6 cm³/mol. The minimum atomic E-state index is 0.00963. The van der Waals surface area contributed by atoms with Crippen molar-refractivity contribution in [2.24, 2.45) is 7.05 Å². The second kappa shape index (κ2) is 5.51. The van der Waals surface area contributed by atoms with Crippen LogP contribution < -0.4 is 0 Å². The molecule has 4 rings (SSSR count). The van der Waals surface area contributed by atoms with Gasteiger partial charge in [-0.1, -0.05) is 48.2 Å². The molecule has 0 aliphatic rings. The quantitative estimate of drug-likeness (QED) is 0.542. The van der Waals surface area contributed by atoms with Gasteiger partial charge in [-0.2, -0.15) is 0 Å². The smallest absolute Gasteiger partial charge is 0.242 e. The maximum Gasteiger partial charge on any atom is 0.242 e. The van der Waals surface area contributed by atoms with Crippen LogP contribution in [0.25, 0.3) is 21.8 Å². The summed E-state index contributed by atoms with van der Waals surface area (Å²) in [4.78, 5) is 12.8. The van der Waals surface area contributed by atoms with Gasteiger partial charge in [0.1, 0.15) is 0 Å². The summed E-state index contributed by atoms with van der Waals surface area (Å²) in [5, 5.41) is 14.1. The van der Waals surface area contributed by atoms with Crippen molar-refractivity contribution in [3.05, 3.63) is 48.5 Å². The standard InChI is InChI=1S/C16H13N5OS/c1-20-16(17-18-19-20)23-10-15(22)21-13-8-4-2-6-11(13)12-7-3-5-9-14(12)21/h2-9H,10H2,1H3. The first kappa shape index (κ1) is 14.0. The van der Waals surface area contributed by atoms with Gasteiger partial charge in [0.2, 0.25) is 11.1 Å². The van der Waals surface area contributed by atoms with Crippen molar-refractivity contribution in [3.8, 4) is 0 Å². The molecule has 0 aliphatic heterocycles. The minimum absolute atomic E-state index is 0.00963. The summed E-state index contributed by atoms with van der Waals surface area (Å²) in [5.41, 5.74) is 1.85. The number of fused-ring (bicyclic) bond motifs is 3. The molecule has 0 saturated carbocycles. The van der Waals surface area contributed by atoms with Gasteiger partial charge < -0.3 is 0 Å². The highest BCUT2D eigenvalue weighted by molar-refractivity contribution is 7.99. The summed E-state index contributed by atoms with van der Waals surface area (Å²) in [6, 6.07) is 15.9. The summed E-state index contributed by atoms with van der Waals surface area (Å²) >= 11 is 1.33. The number of nitrogens with zero attached hydrogens (tertiary/aromatic N) is 5. The van der Waals surface area contributed by atoms with E-state index in [1.165, 1.54) is 11.8 Å². The highest BCUT2D eigenvalue weighted by atomic mass is 32.2. The van der Waals surface area contributed by atoms with Crippen molar-refractivity contribution in [3.63, 3.8) is 0 Å². The van der Waals surface area contributed by atoms with E-state index in [1.807, 2.05) is 48.5 Å². The number of carbonyl (C=O) groups excluding carboxylic acids is 1. The van der Waals surface area contributed by atoms with Crippen LogP contribution in [0.2, 0.25) is 0 Å².